The zero-order valence-corrected chi connectivity index (χ0v) is 15.8. The monoisotopic (exact) mass is 379 g/mol. The maximum absolute atomic E-state index is 12.7. The van der Waals surface area contributed by atoms with Gasteiger partial charge in [0.15, 0.2) is 0 Å². The summed E-state index contributed by atoms with van der Waals surface area (Å²) in [6.07, 6.45) is 1.87. The molecule has 2 aromatic rings. The van der Waals surface area contributed by atoms with Gasteiger partial charge in [-0.2, -0.15) is 0 Å². The minimum absolute atomic E-state index is 0.0569. The summed E-state index contributed by atoms with van der Waals surface area (Å²) in [4.78, 5) is 26.6. The first-order chi connectivity index (χ1) is 13.7. The second-order valence-corrected chi connectivity index (χ2v) is 7.59. The fraction of sp³-hybridized carbons (Fsp3) is 0.391. The molecular weight excluding hydrogens is 354 g/mol. The highest BCUT2D eigenvalue weighted by Gasteiger charge is 2.44. The first kappa shape index (κ1) is 18.7. The number of amides is 1. The van der Waals surface area contributed by atoms with Gasteiger partial charge < -0.3 is 14.4 Å². The molecule has 4 rings (SSSR count). The van der Waals surface area contributed by atoms with E-state index in [1.165, 1.54) is 0 Å². The zero-order valence-electron chi connectivity index (χ0n) is 15.8. The summed E-state index contributed by atoms with van der Waals surface area (Å²) < 4.78 is 11.6. The van der Waals surface area contributed by atoms with Crippen LogP contribution in [0.3, 0.4) is 0 Å². The number of Topliss-reactive ketones (excluding diaryl/α,β-unsaturated/α-hetero) is 1. The summed E-state index contributed by atoms with van der Waals surface area (Å²) in [5.41, 5.74) is 2.09. The van der Waals surface area contributed by atoms with Gasteiger partial charge in [0.1, 0.15) is 12.4 Å². The summed E-state index contributed by atoms with van der Waals surface area (Å²) in [7, 11) is 0. The molecule has 2 unspecified atom stereocenters. The second kappa shape index (κ2) is 8.57. The van der Waals surface area contributed by atoms with Crippen LogP contribution in [0.5, 0.6) is 0 Å². The highest BCUT2D eigenvalue weighted by molar-refractivity contribution is 5.83. The van der Waals surface area contributed by atoms with Crippen LogP contribution in [0.25, 0.3) is 0 Å². The Balaban J connectivity index is 1.36. The fourth-order valence-electron chi connectivity index (χ4n) is 4.22. The van der Waals surface area contributed by atoms with E-state index in [0.717, 1.165) is 11.1 Å². The third kappa shape index (κ3) is 4.42. The quantitative estimate of drug-likeness (QED) is 0.785. The first-order valence-corrected chi connectivity index (χ1v) is 9.85. The molecule has 2 heterocycles. The first-order valence-electron chi connectivity index (χ1n) is 9.85. The average Bonchev–Trinajstić information content (AvgIpc) is 2.71. The molecule has 0 saturated carbocycles. The highest BCUT2D eigenvalue weighted by Crippen LogP contribution is 2.35. The third-order valence-electron chi connectivity index (χ3n) is 5.53. The van der Waals surface area contributed by atoms with E-state index in [0.29, 0.717) is 32.3 Å². The van der Waals surface area contributed by atoms with Crippen LogP contribution in [0.4, 0.5) is 4.79 Å². The van der Waals surface area contributed by atoms with Crippen LogP contribution >= 0.6 is 0 Å². The summed E-state index contributed by atoms with van der Waals surface area (Å²) >= 11 is 0. The van der Waals surface area contributed by atoms with E-state index in [1.807, 2.05) is 60.7 Å². The molecule has 28 heavy (non-hydrogen) atoms. The topological polar surface area (TPSA) is 55.8 Å². The van der Waals surface area contributed by atoms with Crippen molar-refractivity contribution in [2.75, 3.05) is 0 Å². The number of hydrogen-bond acceptors (Lipinski definition) is 4. The summed E-state index contributed by atoms with van der Waals surface area (Å²) in [5.74, 6) is 0.226. The number of ketones is 1. The minimum Gasteiger partial charge on any atom is -0.445 e. The molecule has 0 spiro atoms. The number of piperidine rings is 2. The number of benzene rings is 2. The van der Waals surface area contributed by atoms with Crippen molar-refractivity contribution in [3.8, 4) is 0 Å². The number of carbonyl (C=O) groups excluding carboxylic acids is 2. The van der Waals surface area contributed by atoms with Gasteiger partial charge in [0, 0.05) is 24.9 Å². The van der Waals surface area contributed by atoms with Gasteiger partial charge in [-0.1, -0.05) is 60.7 Å². The summed E-state index contributed by atoms with van der Waals surface area (Å²) in [6.45, 7) is 0.800. The van der Waals surface area contributed by atoms with E-state index in [4.69, 9.17) is 9.47 Å². The lowest BCUT2D eigenvalue weighted by Gasteiger charge is -2.47. The predicted molar refractivity (Wildman–Crippen MR) is 105 cm³/mol. The van der Waals surface area contributed by atoms with Gasteiger partial charge in [-0.25, -0.2) is 4.79 Å². The fourth-order valence-corrected chi connectivity index (χ4v) is 4.22. The molecule has 0 aromatic heterocycles. The third-order valence-corrected chi connectivity index (χ3v) is 5.53. The largest absolute Gasteiger partial charge is 0.445 e. The number of fused-ring (bicyclic) bond motifs is 2. The molecule has 2 aliphatic rings. The van der Waals surface area contributed by atoms with Crippen LogP contribution in [0, 0.1) is 0 Å². The molecule has 2 aromatic carbocycles. The number of rotatable bonds is 5. The van der Waals surface area contributed by atoms with Gasteiger partial charge in [-0.3, -0.25) is 4.79 Å². The number of carbonyl (C=O) groups is 2. The normalized spacial score (nSPS) is 24.1. The molecule has 0 radical (unpaired) electrons. The molecule has 5 nitrogen and oxygen atoms in total. The average molecular weight is 379 g/mol. The van der Waals surface area contributed by atoms with E-state index in [2.05, 4.69) is 0 Å². The molecule has 0 N–H and O–H groups in total. The molecule has 2 bridgehead atoms. The Morgan fingerprint density at radius 1 is 0.857 bits per heavy atom. The van der Waals surface area contributed by atoms with Gasteiger partial charge >= 0.3 is 6.09 Å². The Labute approximate surface area is 165 Å². The minimum atomic E-state index is -0.326. The predicted octanol–water partition coefficient (Wildman–Crippen LogP) is 4.10. The Morgan fingerprint density at radius 2 is 1.39 bits per heavy atom. The van der Waals surface area contributed by atoms with E-state index in [1.54, 1.807) is 4.90 Å². The van der Waals surface area contributed by atoms with Crippen molar-refractivity contribution in [2.24, 2.45) is 0 Å². The molecule has 2 atom stereocenters. The molecule has 146 valence electrons. The van der Waals surface area contributed by atoms with Gasteiger partial charge in [-0.05, 0) is 24.0 Å². The Bertz CT molecular complexity index is 790. The van der Waals surface area contributed by atoms with Crippen molar-refractivity contribution in [3.05, 3.63) is 71.8 Å². The molecule has 2 saturated heterocycles. The van der Waals surface area contributed by atoms with Gasteiger partial charge in [-0.15, -0.1) is 0 Å². The smallest absolute Gasteiger partial charge is 0.410 e. The van der Waals surface area contributed by atoms with Crippen LogP contribution < -0.4 is 0 Å². The lowest BCUT2D eigenvalue weighted by atomic mass is 9.82. The van der Waals surface area contributed by atoms with Crippen molar-refractivity contribution in [2.45, 2.75) is 57.1 Å². The molecule has 5 heteroatoms. The van der Waals surface area contributed by atoms with Gasteiger partial charge in [0.2, 0.25) is 0 Å². The second-order valence-electron chi connectivity index (χ2n) is 7.59. The van der Waals surface area contributed by atoms with Crippen LogP contribution in [0.1, 0.15) is 36.8 Å². The molecule has 1 amide bonds. The summed E-state index contributed by atoms with van der Waals surface area (Å²) in [5, 5.41) is 0. The maximum atomic E-state index is 12.7. The Kier molecular flexibility index (Phi) is 5.72. The Hall–Kier alpha value is -2.66. The van der Waals surface area contributed by atoms with Gasteiger partial charge in [0.25, 0.3) is 0 Å². The van der Waals surface area contributed by atoms with E-state index >= 15 is 0 Å². The number of ether oxygens (including phenoxy) is 2. The van der Waals surface area contributed by atoms with E-state index < -0.39 is 0 Å². The maximum Gasteiger partial charge on any atom is 0.410 e. The van der Waals surface area contributed by atoms with Crippen LogP contribution in [-0.2, 0) is 27.5 Å². The molecule has 2 fully saturated rings. The SMILES string of the molecule is O=C1CC2CC(OCc3ccccc3)CC(C1)N2C(=O)OCc1ccccc1. The van der Waals surface area contributed by atoms with Crippen LogP contribution in [0.2, 0.25) is 0 Å². The summed E-state index contributed by atoms with van der Waals surface area (Å²) in [6, 6.07) is 19.4. The number of nitrogens with zero attached hydrogens (tertiary/aromatic N) is 1. The van der Waals surface area contributed by atoms with Crippen LogP contribution in [0.15, 0.2) is 60.7 Å². The van der Waals surface area contributed by atoms with Gasteiger partial charge in [0.05, 0.1) is 12.7 Å². The van der Waals surface area contributed by atoms with Crippen molar-refractivity contribution in [1.82, 2.24) is 4.90 Å². The Morgan fingerprint density at radius 3 is 1.96 bits per heavy atom. The van der Waals surface area contributed by atoms with Crippen LogP contribution in [-0.4, -0.2) is 35.0 Å². The van der Waals surface area contributed by atoms with Crippen molar-refractivity contribution >= 4 is 11.9 Å². The van der Waals surface area contributed by atoms with E-state index in [9.17, 15) is 9.59 Å². The van der Waals surface area contributed by atoms with Crippen molar-refractivity contribution < 1.29 is 19.1 Å². The molecular formula is C23H25NO4. The lowest BCUT2D eigenvalue weighted by molar-refractivity contribution is -0.130. The lowest BCUT2D eigenvalue weighted by Crippen LogP contribution is -2.58. The standard InChI is InChI=1S/C23H25NO4/c25-21-11-19-13-22(27-15-17-7-3-1-4-8-17)14-20(12-21)24(19)23(26)28-16-18-9-5-2-6-10-18/h1-10,19-20,22H,11-16H2. The van der Waals surface area contributed by atoms with E-state index in [-0.39, 0.29) is 36.7 Å². The van der Waals surface area contributed by atoms with Crippen molar-refractivity contribution in [3.63, 3.8) is 0 Å². The highest BCUT2D eigenvalue weighted by atomic mass is 16.6. The van der Waals surface area contributed by atoms with Crippen molar-refractivity contribution in [1.29, 1.82) is 0 Å². The molecule has 2 aliphatic heterocycles. The molecule has 0 aliphatic carbocycles. The number of hydrogen-bond donors (Lipinski definition) is 0. The zero-order chi connectivity index (χ0) is 19.3.